The summed E-state index contributed by atoms with van der Waals surface area (Å²) in [6, 6.07) is 0. The van der Waals surface area contributed by atoms with Crippen LogP contribution < -0.4 is 0 Å². The van der Waals surface area contributed by atoms with Gasteiger partial charge in [0, 0.05) is 27.8 Å². The predicted molar refractivity (Wildman–Crippen MR) is 94.2 cm³/mol. The third kappa shape index (κ3) is 5.58. The van der Waals surface area contributed by atoms with Gasteiger partial charge in [-0.25, -0.2) is 0 Å². The first-order valence-corrected chi connectivity index (χ1v) is 9.57. The number of hydrogen-bond acceptors (Lipinski definition) is 3. The molecule has 0 saturated heterocycles. The topological polar surface area (TPSA) is 27.7 Å². The van der Waals surface area contributed by atoms with Crippen LogP contribution in [-0.2, 0) is 14.2 Å². The van der Waals surface area contributed by atoms with Gasteiger partial charge in [0.05, 0.1) is 0 Å². The lowest BCUT2D eigenvalue weighted by Gasteiger charge is -2.28. The van der Waals surface area contributed by atoms with E-state index in [1.165, 1.54) is 57.8 Å². The van der Waals surface area contributed by atoms with Gasteiger partial charge in [0.25, 0.3) is 5.97 Å². The first kappa shape index (κ1) is 19.0. The number of unbranched alkanes of at least 4 members (excludes halogenated alkanes) is 6. The molecule has 2 rings (SSSR count). The molecule has 134 valence electrons. The van der Waals surface area contributed by atoms with Gasteiger partial charge in [0.2, 0.25) is 0 Å². The Morgan fingerprint density at radius 1 is 0.783 bits per heavy atom. The quantitative estimate of drug-likeness (QED) is 0.261. The van der Waals surface area contributed by atoms with Gasteiger partial charge < -0.3 is 14.2 Å². The molecular formula is C20H36O3. The normalized spacial score (nSPS) is 26.3. The van der Waals surface area contributed by atoms with E-state index in [2.05, 4.69) is 12.2 Å². The minimum Gasteiger partial charge on any atom is -0.331 e. The van der Waals surface area contributed by atoms with Crippen molar-refractivity contribution in [3.63, 3.8) is 0 Å². The number of ether oxygens (including phenoxy) is 3. The molecule has 3 atom stereocenters. The molecule has 0 aliphatic heterocycles. The number of hydrogen-bond donors (Lipinski definition) is 0. The van der Waals surface area contributed by atoms with Gasteiger partial charge in [-0.15, -0.1) is 0 Å². The van der Waals surface area contributed by atoms with Gasteiger partial charge in [-0.3, -0.25) is 0 Å². The molecule has 2 aliphatic carbocycles. The number of rotatable bonds is 13. The molecule has 3 unspecified atom stereocenters. The minimum absolute atomic E-state index is 0.800. The Balaban J connectivity index is 1.40. The highest BCUT2D eigenvalue weighted by atomic mass is 16.9. The smallest absolute Gasteiger partial charge is 0.282 e. The average molecular weight is 325 g/mol. The molecule has 0 aromatic heterocycles. The molecule has 3 nitrogen and oxygen atoms in total. The van der Waals surface area contributed by atoms with Crippen LogP contribution in [0.3, 0.4) is 0 Å². The van der Waals surface area contributed by atoms with E-state index in [1.54, 1.807) is 21.3 Å². The van der Waals surface area contributed by atoms with Crippen LogP contribution in [0.1, 0.15) is 70.6 Å². The number of fused-ring (bicyclic) bond motifs is 2. The highest BCUT2D eigenvalue weighted by Gasteiger charge is 2.34. The predicted octanol–water partition coefficient (Wildman–Crippen LogP) is 5.30. The Bertz CT molecular complexity index is 341. The molecule has 0 radical (unpaired) electrons. The summed E-state index contributed by atoms with van der Waals surface area (Å²) in [6.07, 6.45) is 19.3. The third-order valence-electron chi connectivity index (χ3n) is 5.91. The largest absolute Gasteiger partial charge is 0.331 e. The van der Waals surface area contributed by atoms with Crippen LogP contribution in [0.25, 0.3) is 0 Å². The summed E-state index contributed by atoms with van der Waals surface area (Å²) < 4.78 is 15.9. The van der Waals surface area contributed by atoms with Crippen LogP contribution in [0.2, 0.25) is 0 Å². The van der Waals surface area contributed by atoms with Crippen LogP contribution in [0, 0.1) is 17.8 Å². The maximum absolute atomic E-state index is 5.32. The Hall–Kier alpha value is -0.380. The SMILES string of the molecule is COC(CCCCCCCCCC1CC2C=CC1C2)(OC)OC. The van der Waals surface area contributed by atoms with Crippen molar-refractivity contribution in [3.8, 4) is 0 Å². The molecule has 0 spiro atoms. The summed E-state index contributed by atoms with van der Waals surface area (Å²) in [5, 5.41) is 0. The van der Waals surface area contributed by atoms with Crippen molar-refractivity contribution in [1.29, 1.82) is 0 Å². The molecular weight excluding hydrogens is 288 g/mol. The van der Waals surface area contributed by atoms with Crippen molar-refractivity contribution in [3.05, 3.63) is 12.2 Å². The van der Waals surface area contributed by atoms with Gasteiger partial charge in [-0.1, -0.05) is 50.7 Å². The van der Waals surface area contributed by atoms with Crippen molar-refractivity contribution in [1.82, 2.24) is 0 Å². The Labute approximate surface area is 142 Å². The fraction of sp³-hybridized carbons (Fsp3) is 0.900. The molecule has 0 N–H and O–H groups in total. The molecule has 3 heteroatoms. The zero-order valence-electron chi connectivity index (χ0n) is 15.4. The van der Waals surface area contributed by atoms with E-state index in [0.717, 1.165) is 30.6 Å². The lowest BCUT2D eigenvalue weighted by atomic mass is 9.88. The van der Waals surface area contributed by atoms with E-state index in [9.17, 15) is 0 Å². The zero-order valence-corrected chi connectivity index (χ0v) is 15.4. The lowest BCUT2D eigenvalue weighted by molar-refractivity contribution is -0.355. The van der Waals surface area contributed by atoms with E-state index >= 15 is 0 Å². The second-order valence-corrected chi connectivity index (χ2v) is 7.35. The van der Waals surface area contributed by atoms with E-state index in [4.69, 9.17) is 14.2 Å². The summed E-state index contributed by atoms with van der Waals surface area (Å²) >= 11 is 0. The van der Waals surface area contributed by atoms with Gasteiger partial charge in [-0.05, 0) is 43.4 Å². The molecule has 0 heterocycles. The molecule has 0 aromatic rings. The summed E-state index contributed by atoms with van der Waals surface area (Å²) in [6.45, 7) is 0. The summed E-state index contributed by atoms with van der Waals surface area (Å²) in [4.78, 5) is 0. The maximum Gasteiger partial charge on any atom is 0.282 e. The van der Waals surface area contributed by atoms with E-state index in [1.807, 2.05) is 0 Å². The average Bonchev–Trinajstić information content (AvgIpc) is 3.20. The molecule has 1 fully saturated rings. The number of methoxy groups -OCH3 is 3. The summed E-state index contributed by atoms with van der Waals surface area (Å²) in [5.74, 6) is 2.04. The van der Waals surface area contributed by atoms with Crippen molar-refractivity contribution >= 4 is 0 Å². The Kier molecular flexibility index (Phi) is 8.08. The van der Waals surface area contributed by atoms with Gasteiger partial charge in [0.15, 0.2) is 0 Å². The molecule has 2 aliphatic rings. The second kappa shape index (κ2) is 9.80. The van der Waals surface area contributed by atoms with E-state index in [-0.39, 0.29) is 0 Å². The lowest BCUT2D eigenvalue weighted by Crippen LogP contribution is -2.35. The van der Waals surface area contributed by atoms with E-state index in [0.29, 0.717) is 0 Å². The zero-order chi connectivity index (χ0) is 16.5. The third-order valence-corrected chi connectivity index (χ3v) is 5.91. The van der Waals surface area contributed by atoms with Crippen LogP contribution in [-0.4, -0.2) is 27.3 Å². The molecule has 0 amide bonds. The van der Waals surface area contributed by atoms with Gasteiger partial charge in [-0.2, -0.15) is 0 Å². The number of allylic oxidation sites excluding steroid dienone is 2. The fourth-order valence-corrected chi connectivity index (χ4v) is 4.41. The first-order chi connectivity index (χ1) is 11.2. The van der Waals surface area contributed by atoms with Crippen LogP contribution in [0.15, 0.2) is 12.2 Å². The Morgan fingerprint density at radius 3 is 1.91 bits per heavy atom. The van der Waals surface area contributed by atoms with Crippen LogP contribution in [0.4, 0.5) is 0 Å². The minimum atomic E-state index is -0.838. The first-order valence-electron chi connectivity index (χ1n) is 9.57. The monoisotopic (exact) mass is 324 g/mol. The standard InChI is InChI=1S/C20H36O3/c1-21-20(22-2,23-3)14-10-8-6-4-5-7-9-11-18-15-17-12-13-19(18)16-17/h12-13,17-19H,4-11,14-16H2,1-3H3. The fourth-order valence-electron chi connectivity index (χ4n) is 4.41. The van der Waals surface area contributed by atoms with E-state index < -0.39 is 5.97 Å². The van der Waals surface area contributed by atoms with Crippen molar-refractivity contribution in [2.24, 2.45) is 17.8 Å². The molecule has 2 bridgehead atoms. The van der Waals surface area contributed by atoms with Crippen molar-refractivity contribution in [2.75, 3.05) is 21.3 Å². The summed E-state index contributed by atoms with van der Waals surface area (Å²) in [5.41, 5.74) is 0. The molecule has 0 aromatic carbocycles. The highest BCUT2D eigenvalue weighted by Crippen LogP contribution is 2.45. The molecule has 23 heavy (non-hydrogen) atoms. The second-order valence-electron chi connectivity index (χ2n) is 7.35. The van der Waals surface area contributed by atoms with Gasteiger partial charge >= 0.3 is 0 Å². The van der Waals surface area contributed by atoms with Gasteiger partial charge in [0.1, 0.15) is 0 Å². The van der Waals surface area contributed by atoms with Crippen molar-refractivity contribution in [2.45, 2.75) is 76.6 Å². The Morgan fingerprint density at radius 2 is 1.39 bits per heavy atom. The summed E-state index contributed by atoms with van der Waals surface area (Å²) in [7, 11) is 4.91. The molecule has 1 saturated carbocycles. The highest BCUT2D eigenvalue weighted by molar-refractivity contribution is 5.09. The maximum atomic E-state index is 5.32. The van der Waals surface area contributed by atoms with Crippen LogP contribution in [0.5, 0.6) is 0 Å². The van der Waals surface area contributed by atoms with Crippen LogP contribution >= 0.6 is 0 Å². The van der Waals surface area contributed by atoms with Crippen molar-refractivity contribution < 1.29 is 14.2 Å².